The molecule has 6 rings (SSSR count). The Labute approximate surface area is 231 Å². The molecule has 1 aliphatic carbocycles. The zero-order valence-corrected chi connectivity index (χ0v) is 22.3. The van der Waals surface area contributed by atoms with Crippen LogP contribution in [0.5, 0.6) is 0 Å². The molecule has 0 spiro atoms. The Balaban J connectivity index is 1.39. The normalized spacial score (nSPS) is 14.4. The highest BCUT2D eigenvalue weighted by atomic mass is 19.1. The maximum atomic E-state index is 14.9. The predicted octanol–water partition coefficient (Wildman–Crippen LogP) is 4.33. The van der Waals surface area contributed by atoms with E-state index >= 15 is 0 Å². The molecule has 40 heavy (non-hydrogen) atoms. The number of nitriles is 1. The van der Waals surface area contributed by atoms with Gasteiger partial charge in [-0.1, -0.05) is 6.07 Å². The molecule has 0 atom stereocenters. The van der Waals surface area contributed by atoms with E-state index in [1.54, 1.807) is 41.1 Å². The molecule has 1 amide bonds. The number of benzene rings is 2. The lowest BCUT2D eigenvalue weighted by Gasteiger charge is -2.18. The van der Waals surface area contributed by atoms with Gasteiger partial charge in [-0.2, -0.15) is 5.26 Å². The summed E-state index contributed by atoms with van der Waals surface area (Å²) in [6.07, 6.45) is 3.70. The maximum Gasteiger partial charge on any atom is 0.260 e. The van der Waals surface area contributed by atoms with Gasteiger partial charge in [-0.05, 0) is 65.9 Å². The Morgan fingerprint density at radius 2 is 2.00 bits per heavy atom. The van der Waals surface area contributed by atoms with Gasteiger partial charge in [-0.25, -0.2) is 9.37 Å². The second-order valence-electron chi connectivity index (χ2n) is 10.2. The number of carbonyl (C=O) groups is 1. The molecule has 0 bridgehead atoms. The van der Waals surface area contributed by atoms with Crippen LogP contribution in [0.1, 0.15) is 51.5 Å². The summed E-state index contributed by atoms with van der Waals surface area (Å²) in [5.41, 5.74) is 5.49. The van der Waals surface area contributed by atoms with Crippen LogP contribution in [0.25, 0.3) is 22.5 Å². The van der Waals surface area contributed by atoms with Crippen molar-refractivity contribution < 1.29 is 13.9 Å². The first-order valence-electron chi connectivity index (χ1n) is 13.2. The third-order valence-corrected chi connectivity index (χ3v) is 7.39. The summed E-state index contributed by atoms with van der Waals surface area (Å²) in [4.78, 5) is 20.1. The van der Waals surface area contributed by atoms with Gasteiger partial charge in [0.1, 0.15) is 18.0 Å². The number of hydrogen-bond acceptors (Lipinski definition) is 7. The van der Waals surface area contributed by atoms with Crippen LogP contribution in [0.2, 0.25) is 0 Å². The van der Waals surface area contributed by atoms with E-state index in [1.807, 2.05) is 19.2 Å². The lowest BCUT2D eigenvalue weighted by atomic mass is 9.96. The van der Waals surface area contributed by atoms with Gasteiger partial charge >= 0.3 is 0 Å². The lowest BCUT2D eigenvalue weighted by molar-refractivity contribution is 0.0995. The van der Waals surface area contributed by atoms with E-state index in [1.165, 1.54) is 6.07 Å². The summed E-state index contributed by atoms with van der Waals surface area (Å²) in [6.45, 7) is 1.65. The molecule has 9 nitrogen and oxygen atoms in total. The molecule has 1 aliphatic heterocycles. The van der Waals surface area contributed by atoms with Crippen molar-refractivity contribution in [3.63, 3.8) is 0 Å². The Morgan fingerprint density at radius 3 is 2.73 bits per heavy atom. The minimum Gasteiger partial charge on any atom is -0.383 e. The second kappa shape index (κ2) is 10.6. The smallest absolute Gasteiger partial charge is 0.260 e. The highest BCUT2D eigenvalue weighted by molar-refractivity contribution is 6.10. The number of methoxy groups -OCH3 is 1. The number of ether oxygens (including phenoxy) is 1. The summed E-state index contributed by atoms with van der Waals surface area (Å²) in [7, 11) is 3.47. The van der Waals surface area contributed by atoms with Crippen LogP contribution in [-0.2, 0) is 24.9 Å². The van der Waals surface area contributed by atoms with E-state index in [2.05, 4.69) is 27.6 Å². The molecule has 3 heterocycles. The molecule has 0 radical (unpaired) electrons. The first kappa shape index (κ1) is 25.8. The van der Waals surface area contributed by atoms with E-state index in [9.17, 15) is 14.4 Å². The number of fused-ring (bicyclic) bond motifs is 1. The average Bonchev–Trinajstić information content (AvgIpc) is 3.66. The summed E-state index contributed by atoms with van der Waals surface area (Å²) in [6, 6.07) is 14.7. The third kappa shape index (κ3) is 4.85. The van der Waals surface area contributed by atoms with Crippen molar-refractivity contribution in [3.8, 4) is 28.6 Å². The molecule has 2 aromatic carbocycles. The zero-order chi connectivity index (χ0) is 27.8. The first-order chi connectivity index (χ1) is 19.5. The highest BCUT2D eigenvalue weighted by Gasteiger charge is 2.33. The van der Waals surface area contributed by atoms with Crippen molar-refractivity contribution in [2.75, 3.05) is 25.2 Å². The number of nitrogens with one attached hydrogen (secondary N) is 1. The number of rotatable bonds is 9. The number of pyridine rings is 1. The fourth-order valence-corrected chi connectivity index (χ4v) is 5.09. The largest absolute Gasteiger partial charge is 0.383 e. The fourth-order valence-electron chi connectivity index (χ4n) is 5.09. The van der Waals surface area contributed by atoms with Crippen molar-refractivity contribution in [2.45, 2.75) is 31.8 Å². The molecule has 2 aromatic heterocycles. The minimum atomic E-state index is -0.343. The lowest BCUT2D eigenvalue weighted by Crippen LogP contribution is -2.24. The summed E-state index contributed by atoms with van der Waals surface area (Å²) >= 11 is 0. The molecular formula is C30H28FN7O2. The predicted molar refractivity (Wildman–Crippen MR) is 147 cm³/mol. The fraction of sp³-hybridized carbons (Fsp3) is 0.300. The topological polar surface area (TPSA) is 109 Å². The van der Waals surface area contributed by atoms with E-state index < -0.39 is 0 Å². The Bertz CT molecular complexity index is 1650. The summed E-state index contributed by atoms with van der Waals surface area (Å²) in [5, 5.41) is 21.0. The Hall–Kier alpha value is -4.46. The van der Waals surface area contributed by atoms with E-state index in [4.69, 9.17) is 9.72 Å². The van der Waals surface area contributed by atoms with Crippen LogP contribution < -0.4 is 10.2 Å². The number of aryl methyl sites for hydroxylation is 1. The number of anilines is 1. The minimum absolute atomic E-state index is 0.201. The standard InChI is InChI=1S/C30H28FN7O2/c1-37-17-34-36-29(37)25-9-18(14-32)3-6-23(25)20-12-27(19-4-5-19)35-28(13-20)38-16-22-11-26(31)21(10-24(22)30(38)39)15-33-7-8-40-2/h3,6,9-13,17,19,33H,4-5,7-8,15-16H2,1-2H3. The van der Waals surface area contributed by atoms with Crippen LogP contribution in [0.15, 0.2) is 48.8 Å². The average molecular weight is 538 g/mol. The molecule has 0 unspecified atom stereocenters. The molecule has 1 fully saturated rings. The maximum absolute atomic E-state index is 14.9. The molecule has 2 aliphatic rings. The molecule has 10 heteroatoms. The molecule has 1 saturated carbocycles. The van der Waals surface area contributed by atoms with Crippen molar-refractivity contribution in [3.05, 3.63) is 82.6 Å². The van der Waals surface area contributed by atoms with Crippen molar-refractivity contribution in [1.29, 1.82) is 5.26 Å². The van der Waals surface area contributed by atoms with Crippen molar-refractivity contribution in [2.24, 2.45) is 7.05 Å². The number of halogens is 1. The van der Waals surface area contributed by atoms with Gasteiger partial charge in [0.05, 0.1) is 24.8 Å². The van der Waals surface area contributed by atoms with E-state index in [0.29, 0.717) is 59.5 Å². The van der Waals surface area contributed by atoms with E-state index in [-0.39, 0.29) is 18.3 Å². The van der Waals surface area contributed by atoms with Gasteiger partial charge in [-0.3, -0.25) is 9.69 Å². The Kier molecular flexibility index (Phi) is 6.84. The van der Waals surface area contributed by atoms with Crippen molar-refractivity contribution in [1.82, 2.24) is 25.1 Å². The molecule has 202 valence electrons. The third-order valence-electron chi connectivity index (χ3n) is 7.39. The van der Waals surface area contributed by atoms with Gasteiger partial charge in [0.25, 0.3) is 5.91 Å². The Morgan fingerprint density at radius 1 is 1.15 bits per heavy atom. The van der Waals surface area contributed by atoms with Crippen LogP contribution in [-0.4, -0.2) is 45.9 Å². The number of carbonyl (C=O) groups excluding carboxylic acids is 1. The monoisotopic (exact) mass is 537 g/mol. The second-order valence-corrected chi connectivity index (χ2v) is 10.2. The molecule has 1 N–H and O–H groups in total. The van der Waals surface area contributed by atoms with Crippen LogP contribution in [0, 0.1) is 17.1 Å². The van der Waals surface area contributed by atoms with Gasteiger partial charge in [-0.15, -0.1) is 10.2 Å². The summed E-state index contributed by atoms with van der Waals surface area (Å²) in [5.74, 6) is 0.939. The molecule has 0 saturated heterocycles. The first-order valence-corrected chi connectivity index (χ1v) is 13.2. The summed E-state index contributed by atoms with van der Waals surface area (Å²) < 4.78 is 21.7. The number of amides is 1. The van der Waals surface area contributed by atoms with Gasteiger partial charge < -0.3 is 14.6 Å². The van der Waals surface area contributed by atoms with Crippen LogP contribution in [0.3, 0.4) is 0 Å². The van der Waals surface area contributed by atoms with Gasteiger partial charge in [0, 0.05) is 55.5 Å². The van der Waals surface area contributed by atoms with Crippen LogP contribution >= 0.6 is 0 Å². The zero-order valence-electron chi connectivity index (χ0n) is 22.3. The van der Waals surface area contributed by atoms with Crippen molar-refractivity contribution >= 4 is 11.7 Å². The number of nitrogens with zero attached hydrogens (tertiary/aromatic N) is 6. The van der Waals surface area contributed by atoms with Gasteiger partial charge in [0.2, 0.25) is 0 Å². The number of hydrogen-bond donors (Lipinski definition) is 1. The highest BCUT2D eigenvalue weighted by Crippen LogP contribution is 2.43. The molecule has 4 aromatic rings. The van der Waals surface area contributed by atoms with E-state index in [0.717, 1.165) is 35.2 Å². The molecular weight excluding hydrogens is 509 g/mol. The number of aromatic nitrogens is 4. The quantitative estimate of drug-likeness (QED) is 0.317. The SMILES string of the molecule is COCCNCc1cc2c(cc1F)CN(c1cc(-c3ccc(C#N)cc3-c3nncn3C)cc(C3CC3)n1)C2=O. The van der Waals surface area contributed by atoms with Crippen LogP contribution in [0.4, 0.5) is 10.2 Å². The van der Waals surface area contributed by atoms with Gasteiger partial charge in [0.15, 0.2) is 5.82 Å².